The molecule has 6 heteroatoms. The molecule has 2 heterocycles. The second kappa shape index (κ2) is 4.04. The van der Waals surface area contributed by atoms with Gasteiger partial charge in [0.25, 0.3) is 0 Å². The Morgan fingerprint density at radius 1 is 1.47 bits per heavy atom. The minimum Gasteiger partial charge on any atom is -0.481 e. The van der Waals surface area contributed by atoms with Gasteiger partial charge < -0.3 is 20.9 Å². The molecule has 1 atom stereocenters. The number of fused-ring (bicyclic) bond motifs is 1. The highest BCUT2D eigenvalue weighted by atomic mass is 16.5. The first kappa shape index (κ1) is 12.1. The molecule has 1 aromatic rings. The molecule has 0 bridgehead atoms. The highest BCUT2D eigenvalue weighted by Gasteiger charge is 2.51. The lowest BCUT2D eigenvalue weighted by Crippen LogP contribution is -2.55. The topological polar surface area (TPSA) is 102 Å². The van der Waals surface area contributed by atoms with Gasteiger partial charge in [-0.15, -0.1) is 0 Å². The maximum Gasteiger partial charge on any atom is 0.316 e. The molecule has 1 saturated heterocycles. The lowest BCUT2D eigenvalue weighted by molar-refractivity contribution is -0.184. The fourth-order valence-corrected chi connectivity index (χ4v) is 2.52. The van der Waals surface area contributed by atoms with Crippen molar-refractivity contribution in [1.29, 1.82) is 0 Å². The Balaban J connectivity index is 1.93. The van der Waals surface area contributed by atoms with Crippen LogP contribution in [0.5, 0.6) is 0 Å². The van der Waals surface area contributed by atoms with Gasteiger partial charge in [0.1, 0.15) is 5.41 Å². The van der Waals surface area contributed by atoms with Gasteiger partial charge in [-0.05, 0) is 17.2 Å². The largest absolute Gasteiger partial charge is 0.481 e. The van der Waals surface area contributed by atoms with Gasteiger partial charge >= 0.3 is 5.97 Å². The Bertz CT molecular complexity index is 566. The molecule has 1 unspecified atom stereocenters. The molecule has 1 fully saturated rings. The van der Waals surface area contributed by atoms with E-state index in [2.05, 4.69) is 5.32 Å². The van der Waals surface area contributed by atoms with Gasteiger partial charge in [-0.25, -0.2) is 0 Å². The van der Waals surface area contributed by atoms with E-state index in [9.17, 15) is 14.7 Å². The van der Waals surface area contributed by atoms with E-state index in [4.69, 9.17) is 10.5 Å². The predicted molar refractivity (Wildman–Crippen MR) is 66.6 cm³/mol. The van der Waals surface area contributed by atoms with Crippen LogP contribution in [-0.4, -0.2) is 30.2 Å². The maximum atomic E-state index is 11.4. The molecule has 2 aliphatic heterocycles. The summed E-state index contributed by atoms with van der Waals surface area (Å²) < 4.78 is 5.02. The smallest absolute Gasteiger partial charge is 0.316 e. The molecule has 0 radical (unpaired) electrons. The number of hydrogen-bond donors (Lipinski definition) is 3. The molecule has 0 saturated carbocycles. The van der Waals surface area contributed by atoms with Gasteiger partial charge in [0.15, 0.2) is 0 Å². The number of ether oxygens (including phenoxy) is 1. The average Bonchev–Trinajstić information content (AvgIpc) is 2.65. The quantitative estimate of drug-likeness (QED) is 0.726. The number of anilines is 1. The summed E-state index contributed by atoms with van der Waals surface area (Å²) in [5.74, 6) is -0.999. The zero-order chi connectivity index (χ0) is 13.6. The summed E-state index contributed by atoms with van der Waals surface area (Å²) in [5.41, 5.74) is 7.40. The fraction of sp³-hybridized carbons (Fsp3) is 0.385. The first-order valence-electron chi connectivity index (χ1n) is 6.02. The highest BCUT2D eigenvalue weighted by Crippen LogP contribution is 2.40. The van der Waals surface area contributed by atoms with Crippen LogP contribution in [0.25, 0.3) is 0 Å². The van der Waals surface area contributed by atoms with Crippen molar-refractivity contribution in [2.45, 2.75) is 12.5 Å². The maximum absolute atomic E-state index is 11.4. The zero-order valence-electron chi connectivity index (χ0n) is 10.2. The van der Waals surface area contributed by atoms with Crippen LogP contribution in [0.1, 0.15) is 17.2 Å². The molecule has 100 valence electrons. The summed E-state index contributed by atoms with van der Waals surface area (Å²) in [4.78, 5) is 22.7. The van der Waals surface area contributed by atoms with E-state index in [1.54, 1.807) is 18.2 Å². The van der Waals surface area contributed by atoms with E-state index >= 15 is 0 Å². The normalized spacial score (nSPS) is 21.2. The minimum atomic E-state index is -1.05. The van der Waals surface area contributed by atoms with Crippen molar-refractivity contribution in [3.05, 3.63) is 29.3 Å². The van der Waals surface area contributed by atoms with Crippen LogP contribution in [0, 0.1) is 5.41 Å². The molecule has 4 N–H and O–H groups in total. The summed E-state index contributed by atoms with van der Waals surface area (Å²) in [5, 5.41) is 12.1. The van der Waals surface area contributed by atoms with Gasteiger partial charge in [0, 0.05) is 5.69 Å². The van der Waals surface area contributed by atoms with Crippen molar-refractivity contribution in [3.63, 3.8) is 0 Å². The Labute approximate surface area is 109 Å². The molecule has 1 aromatic carbocycles. The lowest BCUT2D eigenvalue weighted by Gasteiger charge is -2.42. The second-order valence-corrected chi connectivity index (χ2v) is 5.07. The summed E-state index contributed by atoms with van der Waals surface area (Å²) in [6.07, 6.45) is 0.312. The number of benzene rings is 1. The van der Waals surface area contributed by atoms with E-state index in [1.165, 1.54) is 0 Å². The number of nitrogens with one attached hydrogen (secondary N) is 1. The van der Waals surface area contributed by atoms with Crippen molar-refractivity contribution >= 4 is 17.6 Å². The van der Waals surface area contributed by atoms with Crippen LogP contribution < -0.4 is 11.1 Å². The van der Waals surface area contributed by atoms with Crippen LogP contribution in [0.3, 0.4) is 0 Å². The Morgan fingerprint density at radius 3 is 2.79 bits per heavy atom. The van der Waals surface area contributed by atoms with Gasteiger partial charge in [0.2, 0.25) is 5.91 Å². The fourth-order valence-electron chi connectivity index (χ4n) is 2.52. The van der Waals surface area contributed by atoms with Gasteiger partial charge in [-0.3, -0.25) is 9.59 Å². The monoisotopic (exact) mass is 262 g/mol. The molecule has 1 amide bonds. The summed E-state index contributed by atoms with van der Waals surface area (Å²) >= 11 is 0. The van der Waals surface area contributed by atoms with Gasteiger partial charge in [-0.1, -0.05) is 12.1 Å². The third-order valence-corrected chi connectivity index (χ3v) is 3.85. The Morgan fingerprint density at radius 2 is 2.21 bits per heavy atom. The van der Waals surface area contributed by atoms with E-state index in [-0.39, 0.29) is 19.1 Å². The molecule has 0 aromatic heterocycles. The van der Waals surface area contributed by atoms with Crippen LogP contribution >= 0.6 is 0 Å². The van der Waals surface area contributed by atoms with Crippen LogP contribution in [0.2, 0.25) is 0 Å². The zero-order valence-corrected chi connectivity index (χ0v) is 10.2. The van der Waals surface area contributed by atoms with Crippen molar-refractivity contribution in [1.82, 2.24) is 0 Å². The number of hydrogen-bond acceptors (Lipinski definition) is 4. The molecule has 6 nitrogen and oxygen atoms in total. The number of rotatable bonds is 3. The first-order chi connectivity index (χ1) is 9.03. The van der Waals surface area contributed by atoms with Crippen molar-refractivity contribution in [2.75, 3.05) is 18.5 Å². The van der Waals surface area contributed by atoms with Crippen LogP contribution in [-0.2, 0) is 20.7 Å². The van der Waals surface area contributed by atoms with Crippen molar-refractivity contribution < 1.29 is 19.4 Å². The van der Waals surface area contributed by atoms with Gasteiger partial charge in [0.05, 0.1) is 25.7 Å². The summed E-state index contributed by atoms with van der Waals surface area (Å²) in [7, 11) is 0. The van der Waals surface area contributed by atoms with E-state index in [0.29, 0.717) is 6.42 Å². The van der Waals surface area contributed by atoms with E-state index < -0.39 is 17.4 Å². The second-order valence-electron chi connectivity index (χ2n) is 5.07. The third-order valence-electron chi connectivity index (χ3n) is 3.85. The van der Waals surface area contributed by atoms with Crippen LogP contribution in [0.15, 0.2) is 18.2 Å². The highest BCUT2D eigenvalue weighted by molar-refractivity contribution is 5.99. The number of nitrogens with two attached hydrogens (primary N) is 1. The van der Waals surface area contributed by atoms with E-state index in [1.807, 2.05) is 0 Å². The molecule has 0 aliphatic carbocycles. The number of carboxylic acid groups (broad SMARTS) is 1. The molecule has 3 rings (SSSR count). The SMILES string of the molecule is NC(c1ccc2c(c1)CC(=O)N2)C1(C(=O)O)COC1. The standard InChI is InChI=1S/C13H14N2O4/c14-11(13(12(17)18)5-19-6-13)7-1-2-9-8(3-7)4-10(16)15-9/h1-3,11H,4-6,14H2,(H,15,16)(H,17,18). The van der Waals surface area contributed by atoms with Crippen molar-refractivity contribution in [3.8, 4) is 0 Å². The first-order valence-corrected chi connectivity index (χ1v) is 6.02. The molecular weight excluding hydrogens is 248 g/mol. The van der Waals surface area contributed by atoms with Crippen LogP contribution in [0.4, 0.5) is 5.69 Å². The minimum absolute atomic E-state index is 0.0550. The summed E-state index contributed by atoms with van der Waals surface area (Å²) in [6.45, 7) is 0.246. The Kier molecular flexibility index (Phi) is 2.58. The number of carbonyl (C=O) groups is 2. The van der Waals surface area contributed by atoms with Gasteiger partial charge in [-0.2, -0.15) is 0 Å². The number of carboxylic acids is 1. The lowest BCUT2D eigenvalue weighted by atomic mass is 9.75. The Hall–Kier alpha value is -1.92. The number of amides is 1. The predicted octanol–water partition coefficient (Wildman–Crippen LogP) is 0.282. The van der Waals surface area contributed by atoms with E-state index in [0.717, 1.165) is 16.8 Å². The molecule has 19 heavy (non-hydrogen) atoms. The molecular formula is C13H14N2O4. The van der Waals surface area contributed by atoms with Crippen molar-refractivity contribution in [2.24, 2.45) is 11.1 Å². The number of carbonyl (C=O) groups excluding carboxylic acids is 1. The molecule has 2 aliphatic rings. The number of aliphatic carboxylic acids is 1. The average molecular weight is 262 g/mol. The summed E-state index contributed by atoms with van der Waals surface area (Å²) in [6, 6.07) is 4.70. The third kappa shape index (κ3) is 1.72. The molecule has 0 spiro atoms.